The summed E-state index contributed by atoms with van der Waals surface area (Å²) in [6.45, 7) is 0. The van der Waals surface area contributed by atoms with Crippen LogP contribution in [0.5, 0.6) is 5.75 Å². The van der Waals surface area contributed by atoms with Crippen molar-refractivity contribution in [3.8, 4) is 16.2 Å². The van der Waals surface area contributed by atoms with Crippen LogP contribution >= 0.6 is 11.3 Å². The van der Waals surface area contributed by atoms with E-state index in [0.717, 1.165) is 20.5 Å². The molecule has 2 nitrogen and oxygen atoms in total. The van der Waals surface area contributed by atoms with E-state index in [2.05, 4.69) is 4.98 Å². The normalized spacial score (nSPS) is 10.8. The molecule has 0 bridgehead atoms. The lowest BCUT2D eigenvalue weighted by Crippen LogP contribution is -1.71. The molecule has 0 aliphatic heterocycles. The minimum absolute atomic E-state index is 0.342. The lowest BCUT2D eigenvalue weighted by atomic mass is 10.2. The van der Waals surface area contributed by atoms with Crippen molar-refractivity contribution in [2.75, 3.05) is 0 Å². The lowest BCUT2D eigenvalue weighted by Gasteiger charge is -1.93. The molecule has 0 aliphatic rings. The van der Waals surface area contributed by atoms with E-state index in [4.69, 9.17) is 0 Å². The number of pyridine rings is 1. The standard InChI is InChI=1S/C13H9NOS/c15-11-2-1-3-12-10(11)8-13(16-12)9-4-6-14-7-5-9/h1-8,15H. The molecule has 3 heteroatoms. The Morgan fingerprint density at radius 2 is 1.88 bits per heavy atom. The maximum Gasteiger partial charge on any atom is 0.124 e. The van der Waals surface area contributed by atoms with Crippen molar-refractivity contribution in [2.45, 2.75) is 0 Å². The van der Waals surface area contributed by atoms with E-state index in [0.29, 0.717) is 5.75 Å². The second kappa shape index (κ2) is 3.61. The Bertz CT molecular complexity index is 631. The number of aromatic hydroxyl groups is 1. The number of phenolic OH excluding ortho intramolecular Hbond substituents is 1. The summed E-state index contributed by atoms with van der Waals surface area (Å²) in [5, 5.41) is 10.6. The fourth-order valence-corrected chi connectivity index (χ4v) is 2.79. The van der Waals surface area contributed by atoms with E-state index in [1.54, 1.807) is 29.8 Å². The van der Waals surface area contributed by atoms with Gasteiger partial charge in [-0.2, -0.15) is 0 Å². The molecule has 1 aromatic carbocycles. The van der Waals surface area contributed by atoms with Gasteiger partial charge >= 0.3 is 0 Å². The Hall–Kier alpha value is -1.87. The number of phenols is 1. The van der Waals surface area contributed by atoms with Gasteiger partial charge in [-0.05, 0) is 35.9 Å². The van der Waals surface area contributed by atoms with Crippen molar-refractivity contribution in [2.24, 2.45) is 0 Å². The van der Waals surface area contributed by atoms with Gasteiger partial charge in [-0.3, -0.25) is 4.98 Å². The molecule has 0 spiro atoms. The molecule has 3 rings (SSSR count). The number of benzene rings is 1. The fourth-order valence-electron chi connectivity index (χ4n) is 1.70. The van der Waals surface area contributed by atoms with Gasteiger partial charge in [0.1, 0.15) is 5.75 Å². The number of fused-ring (bicyclic) bond motifs is 1. The molecular formula is C13H9NOS. The number of hydrogen-bond donors (Lipinski definition) is 1. The van der Waals surface area contributed by atoms with Crippen LogP contribution in [0.15, 0.2) is 48.8 Å². The second-order valence-electron chi connectivity index (χ2n) is 3.54. The zero-order valence-corrected chi connectivity index (χ0v) is 9.24. The highest BCUT2D eigenvalue weighted by Crippen LogP contribution is 2.36. The maximum absolute atomic E-state index is 9.73. The summed E-state index contributed by atoms with van der Waals surface area (Å²) >= 11 is 1.68. The Balaban J connectivity index is 2.23. The smallest absolute Gasteiger partial charge is 0.124 e. The molecule has 0 aliphatic carbocycles. The first-order valence-corrected chi connectivity index (χ1v) is 5.78. The average molecular weight is 227 g/mol. The first-order valence-electron chi connectivity index (χ1n) is 4.96. The van der Waals surface area contributed by atoms with Gasteiger partial charge < -0.3 is 5.11 Å². The molecule has 0 saturated carbocycles. The van der Waals surface area contributed by atoms with Crippen LogP contribution in [-0.4, -0.2) is 10.1 Å². The quantitative estimate of drug-likeness (QED) is 0.688. The molecule has 0 atom stereocenters. The molecule has 0 radical (unpaired) electrons. The van der Waals surface area contributed by atoms with Gasteiger partial charge in [0.15, 0.2) is 0 Å². The van der Waals surface area contributed by atoms with Crippen molar-refractivity contribution in [1.29, 1.82) is 0 Å². The predicted molar refractivity (Wildman–Crippen MR) is 66.7 cm³/mol. The molecule has 0 saturated heterocycles. The lowest BCUT2D eigenvalue weighted by molar-refractivity contribution is 0.482. The zero-order valence-electron chi connectivity index (χ0n) is 8.42. The van der Waals surface area contributed by atoms with Gasteiger partial charge in [-0.15, -0.1) is 11.3 Å². The summed E-state index contributed by atoms with van der Waals surface area (Å²) in [5.41, 5.74) is 1.13. The minimum Gasteiger partial charge on any atom is -0.507 e. The number of thiophene rings is 1. The second-order valence-corrected chi connectivity index (χ2v) is 4.62. The van der Waals surface area contributed by atoms with Crippen LogP contribution in [0.4, 0.5) is 0 Å². The SMILES string of the molecule is Oc1cccc2sc(-c3ccncc3)cc12. The van der Waals surface area contributed by atoms with E-state index in [1.165, 1.54) is 0 Å². The molecule has 0 unspecified atom stereocenters. The van der Waals surface area contributed by atoms with E-state index in [9.17, 15) is 5.11 Å². The first kappa shape index (κ1) is 9.36. The van der Waals surface area contributed by atoms with Crippen molar-refractivity contribution in [1.82, 2.24) is 4.98 Å². The van der Waals surface area contributed by atoms with Crippen LogP contribution in [0, 0.1) is 0 Å². The van der Waals surface area contributed by atoms with Crippen LogP contribution in [0.25, 0.3) is 20.5 Å². The van der Waals surface area contributed by atoms with E-state index in [-0.39, 0.29) is 0 Å². The summed E-state index contributed by atoms with van der Waals surface area (Å²) in [5.74, 6) is 0.342. The summed E-state index contributed by atoms with van der Waals surface area (Å²) in [6, 6.07) is 11.6. The predicted octanol–water partition coefficient (Wildman–Crippen LogP) is 3.67. The summed E-state index contributed by atoms with van der Waals surface area (Å²) < 4.78 is 1.10. The molecular weight excluding hydrogens is 218 g/mol. The Morgan fingerprint density at radius 3 is 2.62 bits per heavy atom. The average Bonchev–Trinajstić information content (AvgIpc) is 2.76. The van der Waals surface area contributed by atoms with Gasteiger partial charge in [0.2, 0.25) is 0 Å². The van der Waals surface area contributed by atoms with Crippen LogP contribution < -0.4 is 0 Å². The molecule has 78 valence electrons. The van der Waals surface area contributed by atoms with Crippen LogP contribution in [0.3, 0.4) is 0 Å². The first-order chi connectivity index (χ1) is 7.84. The van der Waals surface area contributed by atoms with Crippen molar-refractivity contribution in [3.63, 3.8) is 0 Å². The Morgan fingerprint density at radius 1 is 1.06 bits per heavy atom. The van der Waals surface area contributed by atoms with Gasteiger partial charge in [0, 0.05) is 27.4 Å². The van der Waals surface area contributed by atoms with Crippen LogP contribution in [0.2, 0.25) is 0 Å². The third-order valence-electron chi connectivity index (χ3n) is 2.50. The third-order valence-corrected chi connectivity index (χ3v) is 3.65. The molecule has 3 aromatic rings. The van der Waals surface area contributed by atoms with Gasteiger partial charge in [0.25, 0.3) is 0 Å². The molecule has 1 N–H and O–H groups in total. The van der Waals surface area contributed by atoms with E-state index < -0.39 is 0 Å². The Kier molecular flexibility index (Phi) is 2.11. The third kappa shape index (κ3) is 1.46. The number of nitrogens with zero attached hydrogens (tertiary/aromatic N) is 1. The van der Waals surface area contributed by atoms with E-state index >= 15 is 0 Å². The molecule has 16 heavy (non-hydrogen) atoms. The van der Waals surface area contributed by atoms with Crippen molar-refractivity contribution >= 4 is 21.4 Å². The molecule has 2 heterocycles. The van der Waals surface area contributed by atoms with Gasteiger partial charge in [-0.1, -0.05) is 6.07 Å². The van der Waals surface area contributed by atoms with Crippen molar-refractivity contribution in [3.05, 3.63) is 48.8 Å². The van der Waals surface area contributed by atoms with Crippen molar-refractivity contribution < 1.29 is 5.11 Å². The molecule has 0 fully saturated rings. The fraction of sp³-hybridized carbons (Fsp3) is 0. The molecule has 0 amide bonds. The van der Waals surface area contributed by atoms with Gasteiger partial charge in [0.05, 0.1) is 0 Å². The van der Waals surface area contributed by atoms with Gasteiger partial charge in [-0.25, -0.2) is 0 Å². The highest BCUT2D eigenvalue weighted by atomic mass is 32.1. The molecule has 2 aromatic heterocycles. The number of aromatic nitrogens is 1. The largest absolute Gasteiger partial charge is 0.507 e. The van der Waals surface area contributed by atoms with Crippen LogP contribution in [-0.2, 0) is 0 Å². The van der Waals surface area contributed by atoms with Crippen LogP contribution in [0.1, 0.15) is 0 Å². The highest BCUT2D eigenvalue weighted by Gasteiger charge is 2.06. The monoisotopic (exact) mass is 227 g/mol. The summed E-state index contributed by atoms with van der Waals surface area (Å²) in [7, 11) is 0. The maximum atomic E-state index is 9.73. The topological polar surface area (TPSA) is 33.1 Å². The number of hydrogen-bond acceptors (Lipinski definition) is 3. The van der Waals surface area contributed by atoms with E-state index in [1.807, 2.05) is 30.3 Å². The minimum atomic E-state index is 0.342. The zero-order chi connectivity index (χ0) is 11.0. The highest BCUT2D eigenvalue weighted by molar-refractivity contribution is 7.22. The summed E-state index contributed by atoms with van der Waals surface area (Å²) in [6.07, 6.45) is 3.55. The Labute approximate surface area is 96.8 Å². The summed E-state index contributed by atoms with van der Waals surface area (Å²) in [4.78, 5) is 5.15. The number of rotatable bonds is 1.